The molecule has 1 saturated heterocycles. The van der Waals surface area contributed by atoms with Gasteiger partial charge in [0.25, 0.3) is 0 Å². The van der Waals surface area contributed by atoms with E-state index in [1.54, 1.807) is 12.1 Å². The van der Waals surface area contributed by atoms with Gasteiger partial charge in [0.15, 0.2) is 0 Å². The Morgan fingerprint density at radius 3 is 2.68 bits per heavy atom. The maximum Gasteiger partial charge on any atom is 0.213 e. The Bertz CT molecular complexity index is 496. The van der Waals surface area contributed by atoms with Crippen molar-refractivity contribution in [3.63, 3.8) is 0 Å². The van der Waals surface area contributed by atoms with Crippen molar-refractivity contribution in [2.45, 2.75) is 25.3 Å². The molecule has 0 spiro atoms. The maximum atomic E-state index is 12.7. The number of hydrogen-bond donors (Lipinski definition) is 2. The van der Waals surface area contributed by atoms with E-state index in [-0.39, 0.29) is 17.6 Å². The van der Waals surface area contributed by atoms with E-state index in [0.29, 0.717) is 13.0 Å². The van der Waals surface area contributed by atoms with Crippen LogP contribution in [0.4, 0.5) is 4.39 Å². The molecule has 4 nitrogen and oxygen atoms in total. The van der Waals surface area contributed by atoms with Crippen LogP contribution in [-0.4, -0.2) is 33.3 Å². The number of rotatable bonds is 6. The molecule has 1 aliphatic rings. The Morgan fingerprint density at radius 1 is 1.32 bits per heavy atom. The smallest absolute Gasteiger partial charge is 0.213 e. The molecule has 1 aliphatic heterocycles. The first-order valence-corrected chi connectivity index (χ1v) is 8.15. The van der Waals surface area contributed by atoms with E-state index in [1.165, 1.54) is 12.1 Å². The zero-order valence-corrected chi connectivity index (χ0v) is 11.5. The first kappa shape index (κ1) is 14.4. The maximum absolute atomic E-state index is 12.7. The van der Waals surface area contributed by atoms with Crippen molar-refractivity contribution in [1.82, 2.24) is 10.0 Å². The van der Waals surface area contributed by atoms with Crippen LogP contribution in [0.25, 0.3) is 0 Å². The summed E-state index contributed by atoms with van der Waals surface area (Å²) in [6, 6.07) is 6.17. The molecule has 1 aromatic rings. The predicted octanol–water partition coefficient (Wildman–Crippen LogP) is 1.04. The summed E-state index contributed by atoms with van der Waals surface area (Å²) in [7, 11) is -3.23. The number of halogens is 1. The first-order valence-electron chi connectivity index (χ1n) is 6.50. The zero-order valence-electron chi connectivity index (χ0n) is 10.7. The number of benzene rings is 1. The van der Waals surface area contributed by atoms with Crippen molar-refractivity contribution in [2.24, 2.45) is 0 Å². The van der Waals surface area contributed by atoms with Crippen molar-refractivity contribution in [3.8, 4) is 0 Å². The van der Waals surface area contributed by atoms with E-state index in [2.05, 4.69) is 10.0 Å². The standard InChI is InChI=1S/C13H19FN2O2S/c14-12-5-3-11(4-6-12)7-9-16-19(17,18)10-13-2-1-8-15-13/h3-6,13,15-16H,1-2,7-10H2. The first-order chi connectivity index (χ1) is 9.05. The van der Waals surface area contributed by atoms with Gasteiger partial charge in [0.2, 0.25) is 10.0 Å². The zero-order chi connectivity index (χ0) is 13.7. The minimum absolute atomic E-state index is 0.0725. The lowest BCUT2D eigenvalue weighted by atomic mass is 10.1. The topological polar surface area (TPSA) is 58.2 Å². The summed E-state index contributed by atoms with van der Waals surface area (Å²) in [5, 5.41) is 3.17. The van der Waals surface area contributed by atoms with Gasteiger partial charge in [-0.1, -0.05) is 12.1 Å². The van der Waals surface area contributed by atoms with Crippen molar-refractivity contribution >= 4 is 10.0 Å². The minimum atomic E-state index is -3.23. The van der Waals surface area contributed by atoms with Crippen molar-refractivity contribution in [1.29, 1.82) is 0 Å². The summed E-state index contributed by atoms with van der Waals surface area (Å²) in [6.07, 6.45) is 2.52. The van der Waals surface area contributed by atoms with Crippen LogP contribution >= 0.6 is 0 Å². The lowest BCUT2D eigenvalue weighted by molar-refractivity contribution is 0.563. The fourth-order valence-electron chi connectivity index (χ4n) is 2.22. The average Bonchev–Trinajstić information content (AvgIpc) is 2.83. The SMILES string of the molecule is O=S(=O)(CC1CCCN1)NCCc1ccc(F)cc1. The molecular formula is C13H19FN2O2S. The molecule has 0 aliphatic carbocycles. The number of nitrogens with one attached hydrogen (secondary N) is 2. The van der Waals surface area contributed by atoms with Gasteiger partial charge in [0.05, 0.1) is 5.75 Å². The Morgan fingerprint density at radius 2 is 2.05 bits per heavy atom. The number of hydrogen-bond acceptors (Lipinski definition) is 3. The summed E-state index contributed by atoms with van der Waals surface area (Å²) < 4.78 is 38.9. The molecule has 2 rings (SSSR count). The third kappa shape index (κ3) is 4.89. The van der Waals surface area contributed by atoms with E-state index < -0.39 is 10.0 Å². The highest BCUT2D eigenvalue weighted by Crippen LogP contribution is 2.07. The second-order valence-corrected chi connectivity index (χ2v) is 6.70. The van der Waals surface area contributed by atoms with Crippen LogP contribution in [0.1, 0.15) is 18.4 Å². The second kappa shape index (κ2) is 6.45. The van der Waals surface area contributed by atoms with E-state index in [0.717, 1.165) is 24.9 Å². The van der Waals surface area contributed by atoms with Crippen LogP contribution in [0.15, 0.2) is 24.3 Å². The van der Waals surface area contributed by atoms with Gasteiger partial charge in [-0.15, -0.1) is 0 Å². The highest BCUT2D eigenvalue weighted by atomic mass is 32.2. The highest BCUT2D eigenvalue weighted by Gasteiger charge is 2.21. The minimum Gasteiger partial charge on any atom is -0.313 e. The molecular weight excluding hydrogens is 267 g/mol. The quantitative estimate of drug-likeness (QED) is 0.821. The molecule has 0 aromatic heterocycles. The van der Waals surface area contributed by atoms with Gasteiger partial charge in [-0.25, -0.2) is 17.5 Å². The van der Waals surface area contributed by atoms with Gasteiger partial charge >= 0.3 is 0 Å². The molecule has 1 atom stereocenters. The Balaban J connectivity index is 1.76. The van der Waals surface area contributed by atoms with Crippen LogP contribution in [0.3, 0.4) is 0 Å². The van der Waals surface area contributed by atoms with Crippen LogP contribution in [0.2, 0.25) is 0 Å². The summed E-state index contributed by atoms with van der Waals surface area (Å²) >= 11 is 0. The Labute approximate surface area is 113 Å². The van der Waals surface area contributed by atoms with E-state index in [9.17, 15) is 12.8 Å². The largest absolute Gasteiger partial charge is 0.313 e. The highest BCUT2D eigenvalue weighted by molar-refractivity contribution is 7.89. The molecule has 106 valence electrons. The van der Waals surface area contributed by atoms with Crippen molar-refractivity contribution in [2.75, 3.05) is 18.8 Å². The Kier molecular flexibility index (Phi) is 4.90. The summed E-state index contributed by atoms with van der Waals surface area (Å²) in [5.41, 5.74) is 0.920. The molecule has 1 aromatic carbocycles. The van der Waals surface area contributed by atoms with E-state index >= 15 is 0 Å². The Hall–Kier alpha value is -0.980. The normalized spacial score (nSPS) is 19.7. The molecule has 1 fully saturated rings. The fourth-order valence-corrected chi connectivity index (χ4v) is 3.57. The molecule has 0 saturated carbocycles. The monoisotopic (exact) mass is 286 g/mol. The van der Waals surface area contributed by atoms with Gasteiger partial charge in [0.1, 0.15) is 5.82 Å². The molecule has 2 N–H and O–H groups in total. The van der Waals surface area contributed by atoms with Gasteiger partial charge in [0, 0.05) is 12.6 Å². The fraction of sp³-hybridized carbons (Fsp3) is 0.538. The molecule has 0 amide bonds. The molecule has 19 heavy (non-hydrogen) atoms. The van der Waals surface area contributed by atoms with Gasteiger partial charge in [-0.2, -0.15) is 0 Å². The summed E-state index contributed by atoms with van der Waals surface area (Å²) in [5.74, 6) is -0.146. The lowest BCUT2D eigenvalue weighted by Crippen LogP contribution is -2.37. The van der Waals surface area contributed by atoms with E-state index in [1.807, 2.05) is 0 Å². The van der Waals surface area contributed by atoms with Crippen molar-refractivity contribution in [3.05, 3.63) is 35.6 Å². The molecule has 1 unspecified atom stereocenters. The molecule has 0 bridgehead atoms. The van der Waals surface area contributed by atoms with Gasteiger partial charge in [-0.05, 0) is 43.5 Å². The van der Waals surface area contributed by atoms with Gasteiger partial charge in [-0.3, -0.25) is 0 Å². The third-order valence-corrected chi connectivity index (χ3v) is 4.72. The van der Waals surface area contributed by atoms with Crippen LogP contribution in [-0.2, 0) is 16.4 Å². The summed E-state index contributed by atoms with van der Waals surface area (Å²) in [4.78, 5) is 0. The molecule has 6 heteroatoms. The lowest BCUT2D eigenvalue weighted by Gasteiger charge is -2.11. The third-order valence-electron chi connectivity index (χ3n) is 3.23. The van der Waals surface area contributed by atoms with Crippen LogP contribution in [0, 0.1) is 5.82 Å². The predicted molar refractivity (Wildman–Crippen MR) is 72.9 cm³/mol. The second-order valence-electron chi connectivity index (χ2n) is 4.85. The average molecular weight is 286 g/mol. The molecule has 0 radical (unpaired) electrons. The van der Waals surface area contributed by atoms with Crippen LogP contribution < -0.4 is 10.0 Å². The number of sulfonamides is 1. The van der Waals surface area contributed by atoms with Crippen LogP contribution in [0.5, 0.6) is 0 Å². The van der Waals surface area contributed by atoms with E-state index in [4.69, 9.17) is 0 Å². The van der Waals surface area contributed by atoms with Gasteiger partial charge < -0.3 is 5.32 Å². The summed E-state index contributed by atoms with van der Waals surface area (Å²) in [6.45, 7) is 1.25. The molecule has 1 heterocycles. The van der Waals surface area contributed by atoms with Crippen molar-refractivity contribution < 1.29 is 12.8 Å².